The Balaban J connectivity index is 1.95. The average molecular weight is 309 g/mol. The quantitative estimate of drug-likeness (QED) is 0.784. The number of aryl methyl sites for hydroxylation is 1. The molecule has 6 heteroatoms. The standard InChI is InChI=1S/C17H19N5O/c1-21-17-15(16(18)20-21)13(12-5-3-2-4-6-12)11-14(19-17)22-7-9-23-10-8-22/h2-6,11H,7-10H2,1H3,(H2,18,20). The number of nitrogen functional groups attached to an aromatic ring is 1. The Morgan fingerprint density at radius 1 is 1.13 bits per heavy atom. The highest BCUT2D eigenvalue weighted by Gasteiger charge is 2.19. The maximum absolute atomic E-state index is 6.14. The normalized spacial score (nSPS) is 15.3. The number of anilines is 2. The molecule has 0 aliphatic carbocycles. The Bertz CT molecular complexity index is 837. The van der Waals surface area contributed by atoms with Gasteiger partial charge in [0.25, 0.3) is 0 Å². The molecule has 0 amide bonds. The van der Waals surface area contributed by atoms with Crippen molar-refractivity contribution in [2.75, 3.05) is 36.9 Å². The molecule has 4 rings (SSSR count). The number of fused-ring (bicyclic) bond motifs is 1. The monoisotopic (exact) mass is 309 g/mol. The predicted molar refractivity (Wildman–Crippen MR) is 91.4 cm³/mol. The van der Waals surface area contributed by atoms with Crippen LogP contribution in [0.25, 0.3) is 22.2 Å². The zero-order chi connectivity index (χ0) is 15.8. The largest absolute Gasteiger partial charge is 0.382 e. The van der Waals surface area contributed by atoms with Gasteiger partial charge in [-0.2, -0.15) is 5.10 Å². The van der Waals surface area contributed by atoms with E-state index in [1.165, 1.54) is 0 Å². The number of benzene rings is 1. The molecule has 1 saturated heterocycles. The van der Waals surface area contributed by atoms with Gasteiger partial charge in [-0.1, -0.05) is 30.3 Å². The number of hydrogen-bond donors (Lipinski definition) is 1. The van der Waals surface area contributed by atoms with Gasteiger partial charge in [-0.15, -0.1) is 0 Å². The highest BCUT2D eigenvalue weighted by Crippen LogP contribution is 2.34. The second-order valence-electron chi connectivity index (χ2n) is 5.70. The van der Waals surface area contributed by atoms with Gasteiger partial charge in [0.05, 0.1) is 18.6 Å². The number of hydrogen-bond acceptors (Lipinski definition) is 5. The Hall–Kier alpha value is -2.60. The minimum atomic E-state index is 0.516. The summed E-state index contributed by atoms with van der Waals surface area (Å²) in [7, 11) is 1.88. The SMILES string of the molecule is Cn1nc(N)c2c(-c3ccccc3)cc(N3CCOCC3)nc21. The third-order valence-corrected chi connectivity index (χ3v) is 4.23. The zero-order valence-electron chi connectivity index (χ0n) is 13.1. The lowest BCUT2D eigenvalue weighted by atomic mass is 10.0. The van der Waals surface area contributed by atoms with Crippen LogP contribution in [0.2, 0.25) is 0 Å². The molecule has 0 bridgehead atoms. The van der Waals surface area contributed by atoms with Gasteiger partial charge in [0.15, 0.2) is 11.5 Å². The summed E-state index contributed by atoms with van der Waals surface area (Å²) in [5.41, 5.74) is 9.14. The lowest BCUT2D eigenvalue weighted by Gasteiger charge is -2.28. The molecule has 0 unspecified atom stereocenters. The molecule has 0 atom stereocenters. The summed E-state index contributed by atoms with van der Waals surface area (Å²) in [6.07, 6.45) is 0. The van der Waals surface area contributed by atoms with Crippen molar-refractivity contribution in [1.82, 2.24) is 14.8 Å². The molecule has 1 aliphatic heterocycles. The molecule has 2 aromatic heterocycles. The molecular formula is C17H19N5O. The van der Waals surface area contributed by atoms with E-state index in [0.717, 1.165) is 54.3 Å². The van der Waals surface area contributed by atoms with Crippen LogP contribution in [0.4, 0.5) is 11.6 Å². The van der Waals surface area contributed by atoms with Crippen molar-refractivity contribution in [2.24, 2.45) is 7.05 Å². The first-order valence-corrected chi connectivity index (χ1v) is 7.75. The van der Waals surface area contributed by atoms with Crippen LogP contribution >= 0.6 is 0 Å². The van der Waals surface area contributed by atoms with Crippen molar-refractivity contribution in [2.45, 2.75) is 0 Å². The van der Waals surface area contributed by atoms with Crippen LogP contribution in [0.3, 0.4) is 0 Å². The van der Waals surface area contributed by atoms with Crippen LogP contribution in [-0.2, 0) is 11.8 Å². The average Bonchev–Trinajstić information content (AvgIpc) is 2.90. The van der Waals surface area contributed by atoms with E-state index in [2.05, 4.69) is 28.2 Å². The molecule has 1 fully saturated rings. The molecule has 3 aromatic rings. The molecule has 3 heterocycles. The summed E-state index contributed by atoms with van der Waals surface area (Å²) < 4.78 is 7.20. The predicted octanol–water partition coefficient (Wildman–Crippen LogP) is 2.05. The van der Waals surface area contributed by atoms with E-state index >= 15 is 0 Å². The minimum Gasteiger partial charge on any atom is -0.382 e. The van der Waals surface area contributed by atoms with Crippen molar-refractivity contribution in [1.29, 1.82) is 0 Å². The molecule has 2 N–H and O–H groups in total. The number of ether oxygens (including phenoxy) is 1. The Morgan fingerprint density at radius 2 is 1.87 bits per heavy atom. The molecule has 118 valence electrons. The van der Waals surface area contributed by atoms with Crippen LogP contribution in [0.15, 0.2) is 36.4 Å². The molecule has 0 radical (unpaired) electrons. The van der Waals surface area contributed by atoms with Gasteiger partial charge in [0.2, 0.25) is 0 Å². The molecule has 0 saturated carbocycles. The highest BCUT2D eigenvalue weighted by atomic mass is 16.5. The van der Waals surface area contributed by atoms with Crippen LogP contribution < -0.4 is 10.6 Å². The van der Waals surface area contributed by atoms with Gasteiger partial charge in [0.1, 0.15) is 5.82 Å². The summed E-state index contributed by atoms with van der Waals surface area (Å²) in [4.78, 5) is 7.04. The number of rotatable bonds is 2. The molecule has 6 nitrogen and oxygen atoms in total. The van der Waals surface area contributed by atoms with Crippen LogP contribution in [0.5, 0.6) is 0 Å². The van der Waals surface area contributed by atoms with Gasteiger partial charge >= 0.3 is 0 Å². The second-order valence-corrected chi connectivity index (χ2v) is 5.70. The third kappa shape index (κ3) is 2.41. The number of aromatic nitrogens is 3. The summed E-state index contributed by atoms with van der Waals surface area (Å²) in [5, 5.41) is 5.26. The maximum Gasteiger partial charge on any atom is 0.162 e. The van der Waals surface area contributed by atoms with Crippen molar-refractivity contribution >= 4 is 22.7 Å². The van der Waals surface area contributed by atoms with Crippen LogP contribution in [0, 0.1) is 0 Å². The van der Waals surface area contributed by atoms with E-state index in [0.29, 0.717) is 5.82 Å². The maximum atomic E-state index is 6.14. The third-order valence-electron chi connectivity index (χ3n) is 4.23. The molecule has 0 spiro atoms. The van der Waals surface area contributed by atoms with Gasteiger partial charge < -0.3 is 15.4 Å². The Kier molecular flexibility index (Phi) is 3.38. The summed E-state index contributed by atoms with van der Waals surface area (Å²) >= 11 is 0. The van der Waals surface area contributed by atoms with E-state index in [4.69, 9.17) is 15.5 Å². The highest BCUT2D eigenvalue weighted by molar-refractivity contribution is 6.01. The Morgan fingerprint density at radius 3 is 2.61 bits per heavy atom. The number of nitrogens with two attached hydrogens (primary N) is 1. The van der Waals surface area contributed by atoms with E-state index in [1.807, 2.05) is 25.2 Å². The molecule has 23 heavy (non-hydrogen) atoms. The van der Waals surface area contributed by atoms with Crippen molar-refractivity contribution in [3.8, 4) is 11.1 Å². The fourth-order valence-electron chi connectivity index (χ4n) is 3.06. The van der Waals surface area contributed by atoms with Crippen LogP contribution in [0.1, 0.15) is 0 Å². The first kappa shape index (κ1) is 14.0. The number of pyridine rings is 1. The number of morpholine rings is 1. The lowest BCUT2D eigenvalue weighted by Crippen LogP contribution is -2.36. The summed E-state index contributed by atoms with van der Waals surface area (Å²) in [6, 6.07) is 12.4. The lowest BCUT2D eigenvalue weighted by molar-refractivity contribution is 0.122. The zero-order valence-corrected chi connectivity index (χ0v) is 13.1. The number of nitrogens with zero attached hydrogens (tertiary/aromatic N) is 4. The van der Waals surface area contributed by atoms with Crippen molar-refractivity contribution in [3.63, 3.8) is 0 Å². The van der Waals surface area contributed by atoms with Gasteiger partial charge in [0, 0.05) is 25.7 Å². The Labute approximate surface area is 134 Å². The minimum absolute atomic E-state index is 0.516. The van der Waals surface area contributed by atoms with E-state index in [1.54, 1.807) is 4.68 Å². The van der Waals surface area contributed by atoms with Gasteiger partial charge in [-0.3, -0.25) is 0 Å². The van der Waals surface area contributed by atoms with Gasteiger partial charge in [-0.25, -0.2) is 9.67 Å². The fraction of sp³-hybridized carbons (Fsp3) is 0.294. The molecule has 1 aromatic carbocycles. The summed E-state index contributed by atoms with van der Waals surface area (Å²) in [6.45, 7) is 3.15. The van der Waals surface area contributed by atoms with Crippen molar-refractivity contribution < 1.29 is 4.74 Å². The van der Waals surface area contributed by atoms with Crippen LogP contribution in [-0.4, -0.2) is 41.1 Å². The van der Waals surface area contributed by atoms with E-state index in [-0.39, 0.29) is 0 Å². The van der Waals surface area contributed by atoms with Crippen molar-refractivity contribution in [3.05, 3.63) is 36.4 Å². The van der Waals surface area contributed by atoms with E-state index < -0.39 is 0 Å². The topological polar surface area (TPSA) is 69.2 Å². The fourth-order valence-corrected chi connectivity index (χ4v) is 3.06. The van der Waals surface area contributed by atoms with E-state index in [9.17, 15) is 0 Å². The van der Waals surface area contributed by atoms with Gasteiger partial charge in [-0.05, 0) is 11.6 Å². The second kappa shape index (κ2) is 5.55. The molecular weight excluding hydrogens is 290 g/mol. The smallest absolute Gasteiger partial charge is 0.162 e. The summed E-state index contributed by atoms with van der Waals surface area (Å²) in [5.74, 6) is 1.46. The first-order chi connectivity index (χ1) is 11.2. The molecule has 1 aliphatic rings. The first-order valence-electron chi connectivity index (χ1n) is 7.75.